The fourth-order valence-electron chi connectivity index (χ4n) is 2.60. The van der Waals surface area contributed by atoms with Gasteiger partial charge in [-0.15, -0.1) is 0 Å². The molecule has 3 rings (SSSR count). The van der Waals surface area contributed by atoms with Gasteiger partial charge in [0.25, 0.3) is 5.91 Å². The summed E-state index contributed by atoms with van der Waals surface area (Å²) in [6, 6.07) is 16.9. The van der Waals surface area contributed by atoms with Crippen LogP contribution < -0.4 is 10.6 Å². The summed E-state index contributed by atoms with van der Waals surface area (Å²) in [7, 11) is 0. The molecule has 6 heteroatoms. The fourth-order valence-corrected chi connectivity index (χ4v) is 2.60. The maximum atomic E-state index is 12.6. The number of para-hydroxylation sites is 1. The summed E-state index contributed by atoms with van der Waals surface area (Å²) < 4.78 is 5.25. The SMILES string of the molecule is CC(C)(C)OC(=O)N[C@@H]1N=C(c2ccccc2)c2ccccc2NC1=O. The van der Waals surface area contributed by atoms with Crippen molar-refractivity contribution in [1.82, 2.24) is 5.32 Å². The van der Waals surface area contributed by atoms with Crippen LogP contribution in [0.2, 0.25) is 0 Å². The molecule has 2 aromatic carbocycles. The second-order valence-corrected chi connectivity index (χ2v) is 6.93. The number of carbonyl (C=O) groups excluding carboxylic acids is 2. The first kappa shape index (κ1) is 17.7. The second-order valence-electron chi connectivity index (χ2n) is 6.93. The predicted octanol–water partition coefficient (Wildman–Crippen LogP) is 3.33. The van der Waals surface area contributed by atoms with Crippen molar-refractivity contribution >= 4 is 23.4 Å². The summed E-state index contributed by atoms with van der Waals surface area (Å²) in [5.41, 5.74) is 2.25. The molecule has 1 aliphatic heterocycles. The molecule has 0 aliphatic carbocycles. The van der Waals surface area contributed by atoms with Gasteiger partial charge in [0.1, 0.15) is 5.60 Å². The molecular weight excluding hydrogens is 330 g/mol. The lowest BCUT2D eigenvalue weighted by Gasteiger charge is -2.21. The summed E-state index contributed by atoms with van der Waals surface area (Å²) in [6.45, 7) is 5.27. The summed E-state index contributed by atoms with van der Waals surface area (Å²) in [5.74, 6) is -0.422. The molecular formula is C20H21N3O3. The molecule has 1 atom stereocenters. The molecule has 1 aliphatic rings. The van der Waals surface area contributed by atoms with E-state index in [4.69, 9.17) is 4.74 Å². The molecule has 0 saturated carbocycles. The standard InChI is InChI=1S/C20H21N3O3/c1-20(2,3)26-19(25)23-17-18(24)21-15-12-8-7-11-14(15)16(22-17)13-9-5-4-6-10-13/h4-12,17H,1-3H3,(H,21,24)(H,23,25)/t17-/m0/s1. The first-order valence-corrected chi connectivity index (χ1v) is 8.36. The molecule has 0 bridgehead atoms. The molecule has 6 nitrogen and oxygen atoms in total. The number of carbonyl (C=O) groups is 2. The summed E-state index contributed by atoms with van der Waals surface area (Å²) in [6.07, 6.45) is -1.78. The van der Waals surface area contributed by atoms with E-state index in [2.05, 4.69) is 15.6 Å². The Kier molecular flexibility index (Phi) is 4.75. The van der Waals surface area contributed by atoms with Crippen LogP contribution in [0, 0.1) is 0 Å². The number of nitrogens with zero attached hydrogens (tertiary/aromatic N) is 1. The highest BCUT2D eigenvalue weighted by Gasteiger charge is 2.28. The number of fused-ring (bicyclic) bond motifs is 1. The lowest BCUT2D eigenvalue weighted by atomic mass is 10.0. The van der Waals surface area contributed by atoms with Crippen molar-refractivity contribution in [2.45, 2.75) is 32.5 Å². The Bertz CT molecular complexity index is 854. The Labute approximate surface area is 152 Å². The van der Waals surface area contributed by atoms with Crippen molar-refractivity contribution in [3.63, 3.8) is 0 Å². The van der Waals surface area contributed by atoms with Crippen LogP contribution in [-0.2, 0) is 9.53 Å². The number of rotatable bonds is 2. The average Bonchev–Trinajstić information content (AvgIpc) is 2.71. The normalized spacial score (nSPS) is 16.7. The first-order chi connectivity index (χ1) is 12.3. The van der Waals surface area contributed by atoms with Gasteiger partial charge in [0.15, 0.2) is 0 Å². The molecule has 0 spiro atoms. The zero-order valence-electron chi connectivity index (χ0n) is 14.9. The van der Waals surface area contributed by atoms with E-state index in [-0.39, 0.29) is 0 Å². The summed E-state index contributed by atoms with van der Waals surface area (Å²) in [4.78, 5) is 29.2. The van der Waals surface area contributed by atoms with E-state index in [9.17, 15) is 9.59 Å². The van der Waals surface area contributed by atoms with Crippen molar-refractivity contribution < 1.29 is 14.3 Å². The van der Waals surface area contributed by atoms with Crippen LogP contribution >= 0.6 is 0 Å². The molecule has 1 heterocycles. The Morgan fingerprint density at radius 3 is 2.42 bits per heavy atom. The zero-order chi connectivity index (χ0) is 18.7. The number of hydrogen-bond donors (Lipinski definition) is 2. The smallest absolute Gasteiger partial charge is 0.409 e. The number of nitrogens with one attached hydrogen (secondary N) is 2. The Morgan fingerprint density at radius 2 is 1.73 bits per heavy atom. The van der Waals surface area contributed by atoms with E-state index in [1.165, 1.54) is 0 Å². The number of benzodiazepines with no additional fused rings is 1. The maximum absolute atomic E-state index is 12.6. The van der Waals surface area contributed by atoms with Gasteiger partial charge < -0.3 is 10.1 Å². The number of aliphatic imine (C=N–C) groups is 1. The Hall–Kier alpha value is -3.15. The van der Waals surface area contributed by atoms with Gasteiger partial charge in [-0.25, -0.2) is 9.79 Å². The van der Waals surface area contributed by atoms with Crippen LogP contribution in [0.25, 0.3) is 0 Å². The zero-order valence-corrected chi connectivity index (χ0v) is 14.9. The van der Waals surface area contributed by atoms with E-state index in [1.807, 2.05) is 54.6 Å². The molecule has 26 heavy (non-hydrogen) atoms. The molecule has 2 N–H and O–H groups in total. The van der Waals surface area contributed by atoms with Crippen LogP contribution in [0.4, 0.5) is 10.5 Å². The number of ether oxygens (including phenoxy) is 1. The van der Waals surface area contributed by atoms with Gasteiger partial charge in [-0.1, -0.05) is 48.5 Å². The van der Waals surface area contributed by atoms with Gasteiger partial charge in [-0.3, -0.25) is 10.1 Å². The molecule has 0 radical (unpaired) electrons. The van der Waals surface area contributed by atoms with Gasteiger partial charge >= 0.3 is 6.09 Å². The third-order valence-electron chi connectivity index (χ3n) is 3.65. The number of alkyl carbamates (subject to hydrolysis) is 1. The predicted molar refractivity (Wildman–Crippen MR) is 100 cm³/mol. The van der Waals surface area contributed by atoms with E-state index in [0.29, 0.717) is 11.4 Å². The van der Waals surface area contributed by atoms with Crippen LogP contribution in [0.5, 0.6) is 0 Å². The highest BCUT2D eigenvalue weighted by molar-refractivity contribution is 6.19. The monoisotopic (exact) mass is 351 g/mol. The fraction of sp³-hybridized carbons (Fsp3) is 0.250. The number of hydrogen-bond acceptors (Lipinski definition) is 4. The topological polar surface area (TPSA) is 79.8 Å². The third-order valence-corrected chi connectivity index (χ3v) is 3.65. The second kappa shape index (κ2) is 7.00. The van der Waals surface area contributed by atoms with Crippen LogP contribution in [-0.4, -0.2) is 29.5 Å². The van der Waals surface area contributed by atoms with Crippen molar-refractivity contribution in [2.24, 2.45) is 4.99 Å². The van der Waals surface area contributed by atoms with Crippen LogP contribution in [0.3, 0.4) is 0 Å². The molecule has 134 valence electrons. The average molecular weight is 351 g/mol. The molecule has 0 aromatic heterocycles. The molecule has 0 saturated heterocycles. The quantitative estimate of drug-likeness (QED) is 0.871. The van der Waals surface area contributed by atoms with E-state index in [0.717, 1.165) is 11.1 Å². The van der Waals surface area contributed by atoms with Crippen LogP contribution in [0.15, 0.2) is 59.6 Å². The van der Waals surface area contributed by atoms with Gasteiger partial charge in [0.2, 0.25) is 6.17 Å². The van der Waals surface area contributed by atoms with Crippen molar-refractivity contribution in [2.75, 3.05) is 5.32 Å². The Morgan fingerprint density at radius 1 is 1.08 bits per heavy atom. The maximum Gasteiger partial charge on any atom is 0.409 e. The van der Waals surface area contributed by atoms with Crippen molar-refractivity contribution in [3.8, 4) is 0 Å². The van der Waals surface area contributed by atoms with Crippen molar-refractivity contribution in [3.05, 3.63) is 65.7 Å². The van der Waals surface area contributed by atoms with Crippen LogP contribution in [0.1, 0.15) is 31.9 Å². The molecule has 0 fully saturated rings. The lowest BCUT2D eigenvalue weighted by molar-refractivity contribution is -0.118. The minimum atomic E-state index is -1.09. The largest absolute Gasteiger partial charge is 0.444 e. The van der Waals surface area contributed by atoms with E-state index in [1.54, 1.807) is 20.8 Å². The molecule has 0 unspecified atom stereocenters. The number of amides is 2. The third kappa shape index (κ3) is 4.08. The first-order valence-electron chi connectivity index (χ1n) is 8.36. The number of anilines is 1. The van der Waals surface area contributed by atoms with Gasteiger partial charge in [-0.2, -0.15) is 0 Å². The lowest BCUT2D eigenvalue weighted by Crippen LogP contribution is -2.44. The van der Waals surface area contributed by atoms with Crippen molar-refractivity contribution in [1.29, 1.82) is 0 Å². The minimum absolute atomic E-state index is 0.422. The summed E-state index contributed by atoms with van der Waals surface area (Å²) in [5, 5.41) is 5.36. The van der Waals surface area contributed by atoms with Gasteiger partial charge in [-0.05, 0) is 26.8 Å². The van der Waals surface area contributed by atoms with Gasteiger partial charge in [0.05, 0.1) is 11.4 Å². The Balaban J connectivity index is 1.99. The van der Waals surface area contributed by atoms with E-state index < -0.39 is 23.8 Å². The molecule has 2 aromatic rings. The van der Waals surface area contributed by atoms with E-state index >= 15 is 0 Å². The summed E-state index contributed by atoms with van der Waals surface area (Å²) >= 11 is 0. The highest BCUT2D eigenvalue weighted by Crippen LogP contribution is 2.23. The van der Waals surface area contributed by atoms with Gasteiger partial charge in [0, 0.05) is 11.1 Å². The molecule has 2 amide bonds. The highest BCUT2D eigenvalue weighted by atomic mass is 16.6. The minimum Gasteiger partial charge on any atom is -0.444 e. The number of benzene rings is 2.